The zero-order valence-electron chi connectivity index (χ0n) is 13.3. The van der Waals surface area contributed by atoms with Crippen LogP contribution in [0, 0.1) is 11.8 Å². The molecule has 118 valence electrons. The fraction of sp³-hybridized carbons (Fsp3) is 1.00. The molecule has 0 bridgehead atoms. The van der Waals surface area contributed by atoms with Gasteiger partial charge in [0.1, 0.15) is 0 Å². The molecule has 0 spiro atoms. The summed E-state index contributed by atoms with van der Waals surface area (Å²) in [6.45, 7) is 6.17. The fourth-order valence-electron chi connectivity index (χ4n) is 3.38. The van der Waals surface area contributed by atoms with Crippen molar-refractivity contribution in [3.63, 3.8) is 0 Å². The van der Waals surface area contributed by atoms with E-state index >= 15 is 0 Å². The molecule has 1 aliphatic carbocycles. The molecule has 3 aliphatic rings. The van der Waals surface area contributed by atoms with E-state index in [2.05, 4.69) is 13.8 Å². The maximum absolute atomic E-state index is 5.58. The zero-order chi connectivity index (χ0) is 14.5. The molecule has 4 nitrogen and oxygen atoms in total. The van der Waals surface area contributed by atoms with Crippen molar-refractivity contribution >= 4 is 0 Å². The molecule has 3 rings (SSSR count). The summed E-state index contributed by atoms with van der Waals surface area (Å²) in [7, 11) is 3.58. The van der Waals surface area contributed by atoms with Gasteiger partial charge in [0, 0.05) is 26.1 Å². The summed E-state index contributed by atoms with van der Waals surface area (Å²) in [5, 5.41) is 0. The molecule has 2 saturated heterocycles. The summed E-state index contributed by atoms with van der Waals surface area (Å²) >= 11 is 0. The van der Waals surface area contributed by atoms with Crippen LogP contribution in [0.25, 0.3) is 0 Å². The van der Waals surface area contributed by atoms with Crippen molar-refractivity contribution in [3.05, 3.63) is 0 Å². The van der Waals surface area contributed by atoms with Gasteiger partial charge in [-0.25, -0.2) is 0 Å². The van der Waals surface area contributed by atoms with Gasteiger partial charge >= 0.3 is 0 Å². The largest absolute Gasteiger partial charge is 0.381 e. The van der Waals surface area contributed by atoms with E-state index in [1.54, 1.807) is 14.2 Å². The first kappa shape index (κ1) is 16.2. The maximum Gasteiger partial charge on any atom is 0.0887 e. The molecular weight excluding hydrogens is 256 g/mol. The number of fused-ring (bicyclic) bond motifs is 1. The summed E-state index contributed by atoms with van der Waals surface area (Å²) in [6, 6.07) is 0. The third-order valence-electron chi connectivity index (χ3n) is 4.84. The number of rotatable bonds is 2. The van der Waals surface area contributed by atoms with Crippen LogP contribution in [0.3, 0.4) is 0 Å². The number of ether oxygens (including phenoxy) is 4. The summed E-state index contributed by atoms with van der Waals surface area (Å²) in [6.07, 6.45) is 6.43. The molecule has 0 aromatic rings. The van der Waals surface area contributed by atoms with Crippen LogP contribution in [-0.4, -0.2) is 51.8 Å². The van der Waals surface area contributed by atoms with Crippen LogP contribution < -0.4 is 0 Å². The van der Waals surface area contributed by atoms with Crippen molar-refractivity contribution < 1.29 is 18.9 Å². The molecule has 2 heterocycles. The second kappa shape index (κ2) is 7.74. The normalized spacial score (nSPS) is 43.8. The van der Waals surface area contributed by atoms with Crippen molar-refractivity contribution in [1.82, 2.24) is 0 Å². The molecule has 4 heteroatoms. The van der Waals surface area contributed by atoms with Gasteiger partial charge in [0.05, 0.1) is 37.6 Å². The van der Waals surface area contributed by atoms with E-state index < -0.39 is 0 Å². The summed E-state index contributed by atoms with van der Waals surface area (Å²) < 4.78 is 21.6. The Morgan fingerprint density at radius 2 is 1.05 bits per heavy atom. The maximum atomic E-state index is 5.58. The van der Waals surface area contributed by atoms with Gasteiger partial charge in [0.15, 0.2) is 0 Å². The van der Waals surface area contributed by atoms with E-state index in [0.29, 0.717) is 36.3 Å². The third-order valence-corrected chi connectivity index (χ3v) is 4.84. The molecule has 3 fully saturated rings. The minimum atomic E-state index is 0.398. The van der Waals surface area contributed by atoms with Crippen molar-refractivity contribution in [2.45, 2.75) is 63.9 Å². The highest BCUT2D eigenvalue weighted by Gasteiger charge is 2.43. The topological polar surface area (TPSA) is 36.9 Å². The van der Waals surface area contributed by atoms with Gasteiger partial charge in [-0.05, 0) is 25.7 Å². The van der Waals surface area contributed by atoms with E-state index in [1.807, 2.05) is 0 Å². The SMILES string of the molecule is CC1COC2C(C)COC12.COC1CCC(OC)CC1. The molecule has 20 heavy (non-hydrogen) atoms. The van der Waals surface area contributed by atoms with Crippen LogP contribution in [-0.2, 0) is 18.9 Å². The highest BCUT2D eigenvalue weighted by molar-refractivity contribution is 4.90. The lowest BCUT2D eigenvalue weighted by Gasteiger charge is -2.26. The monoisotopic (exact) mass is 286 g/mol. The molecule has 0 amide bonds. The van der Waals surface area contributed by atoms with Gasteiger partial charge in [-0.1, -0.05) is 13.8 Å². The van der Waals surface area contributed by atoms with Gasteiger partial charge in [-0.3, -0.25) is 0 Å². The third kappa shape index (κ3) is 3.94. The standard InChI is InChI=1S/C8H14O2.C8H16O2/c1-5-3-9-8-6(2)4-10-7(5)8;1-9-7-3-5-8(10-2)6-4-7/h5-8H,3-4H2,1-2H3;7-8H,3-6H2,1-2H3. The molecule has 2 aliphatic heterocycles. The van der Waals surface area contributed by atoms with Crippen LogP contribution in [0.5, 0.6) is 0 Å². The van der Waals surface area contributed by atoms with Gasteiger partial charge in [-0.15, -0.1) is 0 Å². The van der Waals surface area contributed by atoms with Crippen LogP contribution >= 0.6 is 0 Å². The molecule has 4 unspecified atom stereocenters. The van der Waals surface area contributed by atoms with Crippen LogP contribution in [0.1, 0.15) is 39.5 Å². The second-order valence-corrected chi connectivity index (χ2v) is 6.42. The first-order valence-corrected chi connectivity index (χ1v) is 7.94. The van der Waals surface area contributed by atoms with Gasteiger partial charge in [-0.2, -0.15) is 0 Å². The first-order valence-electron chi connectivity index (χ1n) is 7.94. The molecule has 0 N–H and O–H groups in total. The number of methoxy groups -OCH3 is 2. The molecular formula is C16H30O4. The second-order valence-electron chi connectivity index (χ2n) is 6.42. The quantitative estimate of drug-likeness (QED) is 0.782. The van der Waals surface area contributed by atoms with Crippen molar-refractivity contribution in [1.29, 1.82) is 0 Å². The minimum absolute atomic E-state index is 0.398. The molecule has 4 atom stereocenters. The van der Waals surface area contributed by atoms with Crippen LogP contribution in [0.15, 0.2) is 0 Å². The fourth-order valence-corrected chi connectivity index (χ4v) is 3.38. The highest BCUT2D eigenvalue weighted by Crippen LogP contribution is 2.33. The van der Waals surface area contributed by atoms with E-state index in [9.17, 15) is 0 Å². The zero-order valence-corrected chi connectivity index (χ0v) is 13.3. The van der Waals surface area contributed by atoms with Crippen molar-refractivity contribution in [3.8, 4) is 0 Å². The predicted molar refractivity (Wildman–Crippen MR) is 77.9 cm³/mol. The van der Waals surface area contributed by atoms with Gasteiger partial charge in [0.25, 0.3) is 0 Å². The highest BCUT2D eigenvalue weighted by atomic mass is 16.6. The smallest absolute Gasteiger partial charge is 0.0887 e. The first-order chi connectivity index (χ1) is 9.65. The lowest BCUT2D eigenvalue weighted by molar-refractivity contribution is 0.00454. The van der Waals surface area contributed by atoms with E-state index in [0.717, 1.165) is 38.9 Å². The molecule has 0 aromatic carbocycles. The van der Waals surface area contributed by atoms with E-state index in [1.165, 1.54) is 0 Å². The Balaban J connectivity index is 0.000000147. The molecule has 0 radical (unpaired) electrons. The lowest BCUT2D eigenvalue weighted by Crippen LogP contribution is -2.24. The Morgan fingerprint density at radius 1 is 0.700 bits per heavy atom. The Bertz CT molecular complexity index is 248. The Labute approximate surface area is 123 Å². The van der Waals surface area contributed by atoms with Gasteiger partial charge < -0.3 is 18.9 Å². The van der Waals surface area contributed by atoms with Crippen molar-refractivity contribution in [2.75, 3.05) is 27.4 Å². The predicted octanol–water partition coefficient (Wildman–Crippen LogP) is 2.65. The Morgan fingerprint density at radius 3 is 1.35 bits per heavy atom. The van der Waals surface area contributed by atoms with Crippen molar-refractivity contribution in [2.24, 2.45) is 11.8 Å². The number of hydrogen-bond acceptors (Lipinski definition) is 4. The van der Waals surface area contributed by atoms with Gasteiger partial charge in [0.2, 0.25) is 0 Å². The lowest BCUT2D eigenvalue weighted by atomic mass is 9.95. The number of hydrogen-bond donors (Lipinski definition) is 0. The summed E-state index contributed by atoms with van der Waals surface area (Å²) in [5.74, 6) is 1.21. The Kier molecular flexibility index (Phi) is 6.27. The summed E-state index contributed by atoms with van der Waals surface area (Å²) in [4.78, 5) is 0. The average molecular weight is 286 g/mol. The minimum Gasteiger partial charge on any atom is -0.381 e. The van der Waals surface area contributed by atoms with Crippen LogP contribution in [0.4, 0.5) is 0 Å². The molecule has 0 aromatic heterocycles. The average Bonchev–Trinajstić information content (AvgIpc) is 3.04. The Hall–Kier alpha value is -0.160. The van der Waals surface area contributed by atoms with Crippen LogP contribution in [0.2, 0.25) is 0 Å². The molecule has 1 saturated carbocycles. The van der Waals surface area contributed by atoms with E-state index in [4.69, 9.17) is 18.9 Å². The summed E-state index contributed by atoms with van der Waals surface area (Å²) in [5.41, 5.74) is 0. The van der Waals surface area contributed by atoms with E-state index in [-0.39, 0.29) is 0 Å².